The highest BCUT2D eigenvalue weighted by molar-refractivity contribution is 7.89. The summed E-state index contributed by atoms with van der Waals surface area (Å²) in [5.74, 6) is -0.446. The molecule has 2 atom stereocenters. The van der Waals surface area contributed by atoms with E-state index in [0.717, 1.165) is 41.1 Å². The Hall–Kier alpha value is -3.83. The van der Waals surface area contributed by atoms with Crippen molar-refractivity contribution in [3.05, 3.63) is 72.1 Å². The second-order valence-electron chi connectivity index (χ2n) is 11.1. The monoisotopic (exact) mass is 592 g/mol. The third kappa shape index (κ3) is 6.96. The number of aromatic nitrogens is 1. The minimum Gasteiger partial charge on any atom is -0.451 e. The SMILES string of the molecule is Cc1ccc(-c2ccc(C(=O)N[C@@H](CC3CCCC3)C(=O)NC3CCCN(S(=O)(=O)c4ccccn4)CC3=O)o2)cc1. The maximum absolute atomic E-state index is 13.5. The van der Waals surface area contributed by atoms with Crippen LogP contribution in [-0.2, 0) is 19.6 Å². The third-order valence-corrected chi connectivity index (χ3v) is 9.77. The van der Waals surface area contributed by atoms with Crippen molar-refractivity contribution in [3.63, 3.8) is 0 Å². The van der Waals surface area contributed by atoms with Crippen LogP contribution in [0.25, 0.3) is 11.3 Å². The van der Waals surface area contributed by atoms with E-state index < -0.39 is 39.7 Å². The van der Waals surface area contributed by atoms with E-state index in [2.05, 4.69) is 15.6 Å². The molecule has 1 saturated carbocycles. The lowest BCUT2D eigenvalue weighted by Crippen LogP contribution is -2.52. The van der Waals surface area contributed by atoms with E-state index in [1.54, 1.807) is 24.3 Å². The van der Waals surface area contributed by atoms with Crippen LogP contribution in [0, 0.1) is 12.8 Å². The Labute approximate surface area is 245 Å². The van der Waals surface area contributed by atoms with E-state index in [4.69, 9.17) is 4.42 Å². The van der Waals surface area contributed by atoms with Gasteiger partial charge in [-0.25, -0.2) is 13.4 Å². The fourth-order valence-electron chi connectivity index (χ4n) is 5.63. The first-order chi connectivity index (χ1) is 20.2. The summed E-state index contributed by atoms with van der Waals surface area (Å²) in [5, 5.41) is 5.53. The Kier molecular flexibility index (Phi) is 9.18. The van der Waals surface area contributed by atoms with Crippen molar-refractivity contribution in [3.8, 4) is 11.3 Å². The van der Waals surface area contributed by atoms with Gasteiger partial charge in [-0.3, -0.25) is 14.4 Å². The standard InChI is InChI=1S/C31H36N4O6S/c1-21-11-13-23(14-12-21)27-15-16-28(41-27)31(38)34-25(19-22-7-2-3-8-22)30(37)33-24-9-6-18-35(20-26(24)36)42(39,40)29-10-4-5-17-32-29/h4-5,10-17,22,24-25H,2-3,6-9,18-20H2,1H3,(H,33,37)(H,34,38)/t24?,25-/m0/s1. The first-order valence-corrected chi connectivity index (χ1v) is 15.9. The van der Waals surface area contributed by atoms with Crippen LogP contribution in [0.2, 0.25) is 0 Å². The summed E-state index contributed by atoms with van der Waals surface area (Å²) in [7, 11) is -3.95. The number of nitrogens with one attached hydrogen (secondary N) is 2. The van der Waals surface area contributed by atoms with E-state index in [9.17, 15) is 22.8 Å². The van der Waals surface area contributed by atoms with Crippen molar-refractivity contribution in [2.75, 3.05) is 13.1 Å². The van der Waals surface area contributed by atoms with E-state index in [-0.39, 0.29) is 29.8 Å². The molecule has 0 radical (unpaired) electrons. The topological polar surface area (TPSA) is 139 Å². The number of pyridine rings is 1. The van der Waals surface area contributed by atoms with Crippen LogP contribution >= 0.6 is 0 Å². The van der Waals surface area contributed by atoms with Crippen LogP contribution in [0.3, 0.4) is 0 Å². The van der Waals surface area contributed by atoms with Crippen molar-refractivity contribution in [2.45, 2.75) is 69.0 Å². The van der Waals surface area contributed by atoms with E-state index in [1.807, 2.05) is 31.2 Å². The summed E-state index contributed by atoms with van der Waals surface area (Å²) in [5.41, 5.74) is 1.95. The lowest BCUT2D eigenvalue weighted by molar-refractivity contribution is -0.129. The summed E-state index contributed by atoms with van der Waals surface area (Å²) in [6.45, 7) is 1.77. The lowest BCUT2D eigenvalue weighted by Gasteiger charge is -2.24. The number of rotatable bonds is 9. The number of nitrogens with zero attached hydrogens (tertiary/aromatic N) is 2. The normalized spacial score (nSPS) is 19.3. The summed E-state index contributed by atoms with van der Waals surface area (Å²) in [4.78, 5) is 43.8. The first-order valence-electron chi connectivity index (χ1n) is 14.4. The average Bonchev–Trinajstić information content (AvgIpc) is 3.66. The Morgan fingerprint density at radius 3 is 2.50 bits per heavy atom. The van der Waals surface area contributed by atoms with E-state index >= 15 is 0 Å². The molecule has 1 aromatic carbocycles. The quantitative estimate of drug-likeness (QED) is 0.385. The Morgan fingerprint density at radius 2 is 1.79 bits per heavy atom. The molecule has 10 nitrogen and oxygen atoms in total. The highest BCUT2D eigenvalue weighted by Gasteiger charge is 2.35. The van der Waals surface area contributed by atoms with Crippen LogP contribution in [0.4, 0.5) is 0 Å². The highest BCUT2D eigenvalue weighted by Crippen LogP contribution is 2.29. The van der Waals surface area contributed by atoms with Gasteiger partial charge in [0.15, 0.2) is 16.6 Å². The van der Waals surface area contributed by atoms with Gasteiger partial charge >= 0.3 is 0 Å². The fraction of sp³-hybridized carbons (Fsp3) is 0.419. The molecule has 1 aliphatic heterocycles. The van der Waals surface area contributed by atoms with Gasteiger partial charge < -0.3 is 15.1 Å². The van der Waals surface area contributed by atoms with Gasteiger partial charge in [0.2, 0.25) is 5.91 Å². The molecule has 2 aliphatic rings. The molecule has 3 aromatic rings. The Bertz CT molecular complexity index is 1510. The predicted octanol–water partition coefficient (Wildman–Crippen LogP) is 3.87. The molecule has 222 valence electrons. The largest absolute Gasteiger partial charge is 0.451 e. The van der Waals surface area contributed by atoms with Gasteiger partial charge in [-0.2, -0.15) is 4.31 Å². The fourth-order valence-corrected chi connectivity index (χ4v) is 7.01. The molecule has 1 unspecified atom stereocenters. The number of hydrogen-bond acceptors (Lipinski definition) is 7. The number of carbonyl (C=O) groups is 3. The van der Waals surface area contributed by atoms with Crippen LogP contribution in [-0.4, -0.2) is 60.5 Å². The molecule has 2 N–H and O–H groups in total. The number of hydrogen-bond donors (Lipinski definition) is 2. The number of sulfonamides is 1. The van der Waals surface area contributed by atoms with Gasteiger partial charge in [-0.05, 0) is 56.4 Å². The highest BCUT2D eigenvalue weighted by atomic mass is 32.2. The first kappa shape index (κ1) is 29.7. The summed E-state index contributed by atoms with van der Waals surface area (Å²) >= 11 is 0. The number of furan rings is 1. The molecular weight excluding hydrogens is 556 g/mol. The molecule has 1 saturated heterocycles. The van der Waals surface area contributed by atoms with Gasteiger partial charge in [0.05, 0.1) is 12.6 Å². The van der Waals surface area contributed by atoms with Crippen molar-refractivity contribution in [2.24, 2.45) is 5.92 Å². The summed E-state index contributed by atoms with van der Waals surface area (Å²) in [6.07, 6.45) is 6.61. The van der Waals surface area contributed by atoms with Gasteiger partial charge in [0.25, 0.3) is 15.9 Å². The van der Waals surface area contributed by atoms with Gasteiger partial charge in [0.1, 0.15) is 11.8 Å². The molecule has 11 heteroatoms. The summed E-state index contributed by atoms with van der Waals surface area (Å²) < 4.78 is 33.0. The van der Waals surface area contributed by atoms with Crippen molar-refractivity contribution >= 4 is 27.6 Å². The van der Waals surface area contributed by atoms with E-state index in [0.29, 0.717) is 25.0 Å². The van der Waals surface area contributed by atoms with Crippen molar-refractivity contribution in [1.29, 1.82) is 0 Å². The average molecular weight is 593 g/mol. The molecule has 2 fully saturated rings. The second kappa shape index (κ2) is 13.0. The van der Waals surface area contributed by atoms with Crippen LogP contribution < -0.4 is 10.6 Å². The molecule has 1 aliphatic carbocycles. The molecule has 5 rings (SSSR count). The molecule has 42 heavy (non-hydrogen) atoms. The van der Waals surface area contributed by atoms with Crippen molar-refractivity contribution in [1.82, 2.24) is 19.9 Å². The number of carbonyl (C=O) groups excluding carboxylic acids is 3. The molecule has 3 heterocycles. The molecule has 2 aromatic heterocycles. The zero-order valence-corrected chi connectivity index (χ0v) is 24.4. The maximum atomic E-state index is 13.5. The van der Waals surface area contributed by atoms with Crippen LogP contribution in [0.5, 0.6) is 0 Å². The molecule has 0 spiro atoms. The second-order valence-corrected chi connectivity index (χ2v) is 13.0. The van der Waals surface area contributed by atoms with Gasteiger partial charge in [0, 0.05) is 18.3 Å². The van der Waals surface area contributed by atoms with Gasteiger partial charge in [-0.15, -0.1) is 0 Å². The maximum Gasteiger partial charge on any atom is 0.287 e. The minimum absolute atomic E-state index is 0.0932. The van der Waals surface area contributed by atoms with Crippen LogP contribution in [0.1, 0.15) is 61.1 Å². The number of Topliss-reactive ketones (excluding diaryl/α,β-unsaturated/α-hetero) is 1. The smallest absolute Gasteiger partial charge is 0.287 e. The third-order valence-electron chi connectivity index (χ3n) is 8.01. The predicted molar refractivity (Wildman–Crippen MR) is 156 cm³/mol. The zero-order valence-electron chi connectivity index (χ0n) is 23.6. The van der Waals surface area contributed by atoms with E-state index in [1.165, 1.54) is 12.3 Å². The van der Waals surface area contributed by atoms with Crippen molar-refractivity contribution < 1.29 is 27.2 Å². The van der Waals surface area contributed by atoms with Gasteiger partial charge in [-0.1, -0.05) is 61.6 Å². The number of aryl methyl sites for hydroxylation is 1. The Balaban J connectivity index is 1.26. The Morgan fingerprint density at radius 1 is 1.02 bits per heavy atom. The lowest BCUT2D eigenvalue weighted by atomic mass is 9.97. The zero-order chi connectivity index (χ0) is 29.7. The molecule has 0 bridgehead atoms. The minimum atomic E-state index is -3.95. The number of benzene rings is 1. The summed E-state index contributed by atoms with van der Waals surface area (Å²) in [6, 6.07) is 13.9. The number of amides is 2. The number of ketones is 1. The molecule has 2 amide bonds. The molecular formula is C31H36N4O6S. The van der Waals surface area contributed by atoms with Crippen LogP contribution in [0.15, 0.2) is 70.2 Å².